The summed E-state index contributed by atoms with van der Waals surface area (Å²) in [6, 6.07) is 7.24. The Morgan fingerprint density at radius 1 is 1.39 bits per heavy atom. The molecule has 1 rings (SSSR count). The largest absolute Gasteiger partial charge is 0.492 e. The van der Waals surface area contributed by atoms with Crippen LogP contribution in [0.15, 0.2) is 30.0 Å². The Hall–Kier alpha value is -1.88. The number of allylic oxidation sites excluding steroid dienone is 1. The second-order valence-electron chi connectivity index (χ2n) is 4.26. The molecule has 0 amide bonds. The van der Waals surface area contributed by atoms with E-state index >= 15 is 0 Å². The fraction of sp³-hybridized carbons (Fsp3) is 0.385. The molecule has 0 saturated carbocycles. The maximum absolute atomic E-state index is 10.5. The molecule has 5 nitrogen and oxygen atoms in total. The molecule has 0 heterocycles. The Kier molecular flexibility index (Phi) is 5.32. The molecular weight excluding hydrogens is 232 g/mol. The summed E-state index contributed by atoms with van der Waals surface area (Å²) in [5.41, 5.74) is 0.917. The van der Waals surface area contributed by atoms with Crippen molar-refractivity contribution < 1.29 is 9.66 Å². The van der Waals surface area contributed by atoms with Gasteiger partial charge in [0.25, 0.3) is 0 Å². The lowest BCUT2D eigenvalue weighted by atomic mass is 10.2. The topological polar surface area (TPSA) is 55.6 Å². The van der Waals surface area contributed by atoms with E-state index in [1.807, 2.05) is 31.1 Å². The van der Waals surface area contributed by atoms with Gasteiger partial charge in [-0.25, -0.2) is 0 Å². The second-order valence-corrected chi connectivity index (χ2v) is 4.26. The van der Waals surface area contributed by atoms with Gasteiger partial charge in [-0.15, -0.1) is 0 Å². The summed E-state index contributed by atoms with van der Waals surface area (Å²) in [6.45, 7) is 2.94. The van der Waals surface area contributed by atoms with E-state index in [9.17, 15) is 10.1 Å². The molecule has 0 aliphatic carbocycles. The van der Waals surface area contributed by atoms with E-state index in [4.69, 9.17) is 4.74 Å². The number of nitro groups is 1. The maximum Gasteiger partial charge on any atom is 0.243 e. The van der Waals surface area contributed by atoms with Gasteiger partial charge in [-0.1, -0.05) is 12.1 Å². The van der Waals surface area contributed by atoms with Crippen LogP contribution in [0.2, 0.25) is 0 Å². The lowest BCUT2D eigenvalue weighted by Crippen LogP contribution is -2.19. The third kappa shape index (κ3) is 4.97. The minimum absolute atomic E-state index is 0.122. The Morgan fingerprint density at radius 2 is 2.00 bits per heavy atom. The molecule has 98 valence electrons. The summed E-state index contributed by atoms with van der Waals surface area (Å²) in [4.78, 5) is 12.1. The van der Waals surface area contributed by atoms with E-state index < -0.39 is 4.92 Å². The van der Waals surface area contributed by atoms with Gasteiger partial charge in [0, 0.05) is 19.5 Å². The van der Waals surface area contributed by atoms with Crippen molar-refractivity contribution >= 4 is 6.08 Å². The first-order chi connectivity index (χ1) is 8.49. The van der Waals surface area contributed by atoms with Crippen LogP contribution in [0.4, 0.5) is 0 Å². The van der Waals surface area contributed by atoms with Crippen LogP contribution in [-0.2, 0) is 0 Å². The molecule has 0 aliphatic heterocycles. The molecule has 0 aromatic heterocycles. The third-order valence-corrected chi connectivity index (χ3v) is 2.35. The Bertz CT molecular complexity index is 424. The van der Waals surface area contributed by atoms with Crippen molar-refractivity contribution in [3.63, 3.8) is 0 Å². The summed E-state index contributed by atoms with van der Waals surface area (Å²) in [5, 5.41) is 10.5. The Morgan fingerprint density at radius 3 is 2.50 bits per heavy atom. The molecule has 0 atom stereocenters. The molecule has 5 heteroatoms. The highest BCUT2D eigenvalue weighted by atomic mass is 16.6. The molecule has 0 radical (unpaired) electrons. The van der Waals surface area contributed by atoms with Gasteiger partial charge < -0.3 is 9.64 Å². The Labute approximate surface area is 107 Å². The molecule has 0 bridgehead atoms. The van der Waals surface area contributed by atoms with E-state index in [1.54, 1.807) is 12.1 Å². The van der Waals surface area contributed by atoms with E-state index in [0.29, 0.717) is 6.61 Å². The molecule has 0 N–H and O–H groups in total. The number of hydrogen-bond donors (Lipinski definition) is 0. The third-order valence-electron chi connectivity index (χ3n) is 2.35. The minimum atomic E-state index is -0.401. The molecule has 0 saturated heterocycles. The average molecular weight is 250 g/mol. The van der Waals surface area contributed by atoms with Crippen LogP contribution in [0.1, 0.15) is 12.5 Å². The smallest absolute Gasteiger partial charge is 0.243 e. The standard InChI is InChI=1S/C13H18N2O3/c1-11(15(16)17)10-12-4-6-13(7-5-12)18-9-8-14(2)3/h4-7,10H,8-9H2,1-3H3. The quantitative estimate of drug-likeness (QED) is 0.574. The zero-order valence-corrected chi connectivity index (χ0v) is 10.9. The summed E-state index contributed by atoms with van der Waals surface area (Å²) in [5.74, 6) is 0.771. The highest BCUT2D eigenvalue weighted by molar-refractivity contribution is 5.51. The number of ether oxygens (including phenoxy) is 1. The van der Waals surface area contributed by atoms with Gasteiger partial charge in [-0.2, -0.15) is 0 Å². The minimum Gasteiger partial charge on any atom is -0.492 e. The number of nitrogens with zero attached hydrogens (tertiary/aromatic N) is 2. The van der Waals surface area contributed by atoms with Crippen LogP contribution in [-0.4, -0.2) is 37.1 Å². The van der Waals surface area contributed by atoms with E-state index in [0.717, 1.165) is 17.9 Å². The van der Waals surface area contributed by atoms with Gasteiger partial charge in [0.15, 0.2) is 0 Å². The van der Waals surface area contributed by atoms with Crippen LogP contribution < -0.4 is 4.74 Å². The molecule has 0 aliphatic rings. The molecule has 0 spiro atoms. The van der Waals surface area contributed by atoms with Gasteiger partial charge >= 0.3 is 0 Å². The van der Waals surface area contributed by atoms with Crippen LogP contribution in [0.3, 0.4) is 0 Å². The predicted octanol–water partition coefficient (Wildman–Crippen LogP) is 2.26. The Balaban J connectivity index is 2.58. The molecule has 18 heavy (non-hydrogen) atoms. The zero-order chi connectivity index (χ0) is 13.5. The fourth-order valence-electron chi connectivity index (χ4n) is 1.30. The average Bonchev–Trinajstić information content (AvgIpc) is 2.30. The second kappa shape index (κ2) is 6.76. The SMILES string of the molecule is CC(=Cc1ccc(OCCN(C)C)cc1)[N+](=O)[O-]. The van der Waals surface area contributed by atoms with Gasteiger partial charge in [-0.3, -0.25) is 10.1 Å². The number of hydrogen-bond acceptors (Lipinski definition) is 4. The van der Waals surface area contributed by atoms with Crippen molar-refractivity contribution in [1.82, 2.24) is 4.90 Å². The van der Waals surface area contributed by atoms with Gasteiger partial charge in [0.2, 0.25) is 5.70 Å². The van der Waals surface area contributed by atoms with Gasteiger partial charge in [0.1, 0.15) is 12.4 Å². The van der Waals surface area contributed by atoms with Crippen LogP contribution >= 0.6 is 0 Å². The zero-order valence-electron chi connectivity index (χ0n) is 10.9. The molecular formula is C13H18N2O3. The summed E-state index contributed by atoms with van der Waals surface area (Å²) in [7, 11) is 3.97. The number of rotatable bonds is 6. The summed E-state index contributed by atoms with van der Waals surface area (Å²) >= 11 is 0. The number of likely N-dealkylation sites (N-methyl/N-ethyl adjacent to an activating group) is 1. The molecule has 0 fully saturated rings. The molecule has 1 aromatic rings. The van der Waals surface area contributed by atoms with Crippen molar-refractivity contribution in [2.24, 2.45) is 0 Å². The lowest BCUT2D eigenvalue weighted by Gasteiger charge is -2.10. The van der Waals surface area contributed by atoms with Crippen LogP contribution in [0, 0.1) is 10.1 Å². The van der Waals surface area contributed by atoms with E-state index in [2.05, 4.69) is 0 Å². The maximum atomic E-state index is 10.5. The van der Waals surface area contributed by atoms with Crippen molar-refractivity contribution in [2.45, 2.75) is 6.92 Å². The first-order valence-electron chi connectivity index (χ1n) is 5.69. The van der Waals surface area contributed by atoms with Crippen molar-refractivity contribution in [3.05, 3.63) is 45.6 Å². The first kappa shape index (κ1) is 14.2. The highest BCUT2D eigenvalue weighted by Crippen LogP contribution is 2.14. The van der Waals surface area contributed by atoms with Crippen LogP contribution in [0.25, 0.3) is 6.08 Å². The van der Waals surface area contributed by atoms with Crippen LogP contribution in [0.5, 0.6) is 5.75 Å². The van der Waals surface area contributed by atoms with Gasteiger partial charge in [0.05, 0.1) is 4.92 Å². The lowest BCUT2D eigenvalue weighted by molar-refractivity contribution is -0.422. The monoisotopic (exact) mass is 250 g/mol. The van der Waals surface area contributed by atoms with Gasteiger partial charge in [-0.05, 0) is 31.8 Å². The van der Waals surface area contributed by atoms with E-state index in [-0.39, 0.29) is 5.70 Å². The van der Waals surface area contributed by atoms with Crippen molar-refractivity contribution in [1.29, 1.82) is 0 Å². The van der Waals surface area contributed by atoms with Crippen molar-refractivity contribution in [3.8, 4) is 5.75 Å². The van der Waals surface area contributed by atoms with Crippen molar-refractivity contribution in [2.75, 3.05) is 27.2 Å². The summed E-state index contributed by atoms with van der Waals surface area (Å²) < 4.78 is 5.53. The van der Waals surface area contributed by atoms with E-state index in [1.165, 1.54) is 13.0 Å². The predicted molar refractivity (Wildman–Crippen MR) is 71.1 cm³/mol. The normalized spacial score (nSPS) is 11.7. The first-order valence-corrected chi connectivity index (χ1v) is 5.69. The number of benzene rings is 1. The molecule has 0 unspecified atom stereocenters. The fourth-order valence-corrected chi connectivity index (χ4v) is 1.30. The highest BCUT2D eigenvalue weighted by Gasteiger charge is 2.02. The molecule has 1 aromatic carbocycles. The summed E-state index contributed by atoms with van der Waals surface area (Å²) in [6.07, 6.45) is 1.53.